The van der Waals surface area contributed by atoms with Gasteiger partial charge in [0.1, 0.15) is 5.75 Å². The molecule has 1 aromatic rings. The van der Waals surface area contributed by atoms with Crippen molar-refractivity contribution in [2.75, 3.05) is 13.2 Å². The quantitative estimate of drug-likeness (QED) is 0.331. The van der Waals surface area contributed by atoms with E-state index in [9.17, 15) is 0 Å². The number of rotatable bonds is 14. The number of benzene rings is 1. The van der Waals surface area contributed by atoms with Crippen LogP contribution in [0.5, 0.6) is 5.75 Å². The Morgan fingerprint density at radius 2 is 1.62 bits per heavy atom. The van der Waals surface area contributed by atoms with Crippen molar-refractivity contribution in [3.63, 3.8) is 0 Å². The second-order valence-corrected chi connectivity index (χ2v) is 8.62. The molecule has 1 saturated heterocycles. The molecule has 0 unspecified atom stereocenters. The van der Waals surface area contributed by atoms with Gasteiger partial charge in [-0.1, -0.05) is 77.2 Å². The average Bonchev–Trinajstić information content (AvgIpc) is 3.00. The minimum atomic E-state index is 0.771. The first-order valence-corrected chi connectivity index (χ1v) is 12.3. The van der Waals surface area contributed by atoms with Gasteiger partial charge in [0.25, 0.3) is 0 Å². The average molecular weight is 401 g/mol. The summed E-state index contributed by atoms with van der Waals surface area (Å²) in [7, 11) is 0. The predicted octanol–water partition coefficient (Wildman–Crippen LogP) is 7.36. The Morgan fingerprint density at radius 3 is 2.34 bits per heavy atom. The van der Waals surface area contributed by atoms with Gasteiger partial charge in [-0.3, -0.25) is 4.99 Å². The second-order valence-electron chi connectivity index (χ2n) is 8.62. The molecule has 0 atom stereocenters. The van der Waals surface area contributed by atoms with Crippen LogP contribution in [0, 0.1) is 6.92 Å². The van der Waals surface area contributed by atoms with Crippen LogP contribution in [0.15, 0.2) is 23.2 Å². The maximum absolute atomic E-state index is 5.98. The van der Waals surface area contributed by atoms with Gasteiger partial charge in [0.2, 0.25) is 0 Å². The Labute approximate surface area is 179 Å². The first-order valence-electron chi connectivity index (χ1n) is 12.3. The Bertz CT molecular complexity index is 572. The minimum absolute atomic E-state index is 0.771. The van der Waals surface area contributed by atoms with Gasteiger partial charge in [0.15, 0.2) is 0 Å². The van der Waals surface area contributed by atoms with Crippen molar-refractivity contribution in [1.82, 2.24) is 5.32 Å². The number of aliphatic imine (C=N–C) groups is 1. The molecule has 164 valence electrons. The number of nitrogens with zero attached hydrogens (tertiary/aromatic N) is 1. The molecule has 0 saturated carbocycles. The van der Waals surface area contributed by atoms with Gasteiger partial charge in [-0.05, 0) is 49.4 Å². The third-order valence-corrected chi connectivity index (χ3v) is 5.94. The third kappa shape index (κ3) is 10.7. The van der Waals surface area contributed by atoms with Crippen LogP contribution < -0.4 is 10.1 Å². The standard InChI is InChI=1S/C26H44N2O/c1-3-4-5-6-7-8-9-10-11-15-20-29-25-18-17-24(23(2)21-25)22-28-26-16-13-12-14-19-27-26/h17-18,21H,3-16,19-20,22H2,1-2H3,(H,27,28). The summed E-state index contributed by atoms with van der Waals surface area (Å²) in [5.41, 5.74) is 2.58. The van der Waals surface area contributed by atoms with E-state index in [0.29, 0.717) is 0 Å². The van der Waals surface area contributed by atoms with Gasteiger partial charge >= 0.3 is 0 Å². The molecule has 0 spiro atoms. The van der Waals surface area contributed by atoms with Crippen molar-refractivity contribution in [3.05, 3.63) is 29.3 Å². The van der Waals surface area contributed by atoms with Gasteiger partial charge in [0.05, 0.1) is 19.0 Å². The second kappa shape index (κ2) is 15.3. The van der Waals surface area contributed by atoms with Crippen LogP contribution in [0.3, 0.4) is 0 Å². The van der Waals surface area contributed by atoms with E-state index in [0.717, 1.165) is 38.3 Å². The van der Waals surface area contributed by atoms with Gasteiger partial charge in [-0.2, -0.15) is 0 Å². The highest BCUT2D eigenvalue weighted by Gasteiger charge is 2.05. The van der Waals surface area contributed by atoms with Crippen LogP contribution >= 0.6 is 0 Å². The SMILES string of the molecule is CCCCCCCCCCCCOc1ccc(CN=C2CCCCCN2)c(C)c1. The zero-order valence-electron chi connectivity index (χ0n) is 19.1. The lowest BCUT2D eigenvalue weighted by Gasteiger charge is -2.10. The lowest BCUT2D eigenvalue weighted by atomic mass is 10.1. The molecule has 0 aromatic heterocycles. The van der Waals surface area contributed by atoms with Crippen molar-refractivity contribution in [2.45, 2.75) is 110 Å². The summed E-state index contributed by atoms with van der Waals surface area (Å²) in [6.07, 6.45) is 18.6. The normalized spacial score (nSPS) is 15.9. The van der Waals surface area contributed by atoms with Gasteiger partial charge in [0, 0.05) is 13.0 Å². The minimum Gasteiger partial charge on any atom is -0.494 e. The lowest BCUT2D eigenvalue weighted by Crippen LogP contribution is -2.22. The molecule has 1 fully saturated rings. The van der Waals surface area contributed by atoms with E-state index in [2.05, 4.69) is 37.4 Å². The number of hydrogen-bond acceptors (Lipinski definition) is 2. The molecule has 0 bridgehead atoms. The molecule has 3 heteroatoms. The van der Waals surface area contributed by atoms with Crippen LogP contribution in [0.4, 0.5) is 0 Å². The molecule has 0 amide bonds. The van der Waals surface area contributed by atoms with Crippen LogP contribution in [-0.2, 0) is 6.54 Å². The zero-order valence-corrected chi connectivity index (χ0v) is 19.1. The molecular weight excluding hydrogens is 356 g/mol. The molecule has 1 aliphatic rings. The van der Waals surface area contributed by atoms with E-state index >= 15 is 0 Å². The van der Waals surface area contributed by atoms with Gasteiger partial charge in [-0.25, -0.2) is 0 Å². The van der Waals surface area contributed by atoms with E-state index in [1.165, 1.54) is 94.0 Å². The Hall–Kier alpha value is -1.51. The first kappa shape index (κ1) is 23.8. The number of ether oxygens (including phenoxy) is 1. The monoisotopic (exact) mass is 400 g/mol. The summed E-state index contributed by atoms with van der Waals surface area (Å²) in [5.74, 6) is 2.19. The van der Waals surface area contributed by atoms with Crippen molar-refractivity contribution in [1.29, 1.82) is 0 Å². The summed E-state index contributed by atoms with van der Waals surface area (Å²) in [6.45, 7) is 7.13. The smallest absolute Gasteiger partial charge is 0.119 e. The van der Waals surface area contributed by atoms with E-state index in [1.807, 2.05) is 0 Å². The van der Waals surface area contributed by atoms with E-state index < -0.39 is 0 Å². The van der Waals surface area contributed by atoms with Crippen molar-refractivity contribution in [2.24, 2.45) is 4.99 Å². The largest absolute Gasteiger partial charge is 0.494 e. The predicted molar refractivity (Wildman–Crippen MR) is 126 cm³/mol. The van der Waals surface area contributed by atoms with Crippen molar-refractivity contribution >= 4 is 5.84 Å². The Kier molecular flexibility index (Phi) is 12.6. The molecule has 1 N–H and O–H groups in total. The number of aryl methyl sites for hydroxylation is 1. The van der Waals surface area contributed by atoms with Crippen molar-refractivity contribution < 1.29 is 4.74 Å². The molecule has 0 radical (unpaired) electrons. The highest BCUT2D eigenvalue weighted by atomic mass is 16.5. The van der Waals surface area contributed by atoms with Crippen molar-refractivity contribution in [3.8, 4) is 5.75 Å². The maximum atomic E-state index is 5.98. The molecule has 1 heterocycles. The first-order chi connectivity index (χ1) is 14.3. The molecule has 0 aliphatic carbocycles. The summed E-state index contributed by atoms with van der Waals surface area (Å²) >= 11 is 0. The third-order valence-electron chi connectivity index (χ3n) is 5.94. The highest BCUT2D eigenvalue weighted by molar-refractivity contribution is 5.82. The summed E-state index contributed by atoms with van der Waals surface area (Å²) in [5, 5.41) is 3.47. The Morgan fingerprint density at radius 1 is 0.897 bits per heavy atom. The van der Waals surface area contributed by atoms with E-state index in [-0.39, 0.29) is 0 Å². The molecule has 1 aromatic carbocycles. The fraction of sp³-hybridized carbons (Fsp3) is 0.731. The maximum Gasteiger partial charge on any atom is 0.119 e. The topological polar surface area (TPSA) is 33.6 Å². The fourth-order valence-corrected chi connectivity index (χ4v) is 3.95. The van der Waals surface area contributed by atoms with Crippen LogP contribution in [0.25, 0.3) is 0 Å². The summed E-state index contributed by atoms with van der Waals surface area (Å²) < 4.78 is 5.98. The van der Waals surface area contributed by atoms with Crippen LogP contribution in [0.1, 0.15) is 108 Å². The highest BCUT2D eigenvalue weighted by Crippen LogP contribution is 2.19. The zero-order chi connectivity index (χ0) is 20.6. The molecule has 29 heavy (non-hydrogen) atoms. The molecule has 3 nitrogen and oxygen atoms in total. The summed E-state index contributed by atoms with van der Waals surface area (Å²) in [6, 6.07) is 6.47. The number of unbranched alkanes of at least 4 members (excludes halogenated alkanes) is 9. The summed E-state index contributed by atoms with van der Waals surface area (Å²) in [4.78, 5) is 4.80. The fourth-order valence-electron chi connectivity index (χ4n) is 3.95. The number of amidine groups is 1. The van der Waals surface area contributed by atoms with Crippen LogP contribution in [-0.4, -0.2) is 19.0 Å². The van der Waals surface area contributed by atoms with Crippen LogP contribution in [0.2, 0.25) is 0 Å². The molecular formula is C26H44N2O. The molecule has 1 aliphatic heterocycles. The Balaban J connectivity index is 1.57. The van der Waals surface area contributed by atoms with Gasteiger partial charge < -0.3 is 10.1 Å². The van der Waals surface area contributed by atoms with Gasteiger partial charge in [-0.15, -0.1) is 0 Å². The van der Waals surface area contributed by atoms with E-state index in [4.69, 9.17) is 9.73 Å². The number of nitrogens with one attached hydrogen (secondary N) is 1. The van der Waals surface area contributed by atoms with E-state index in [1.54, 1.807) is 0 Å². The lowest BCUT2D eigenvalue weighted by molar-refractivity contribution is 0.304. The molecule has 2 rings (SSSR count). The number of hydrogen-bond donors (Lipinski definition) is 1.